The van der Waals surface area contributed by atoms with Crippen molar-refractivity contribution in [3.05, 3.63) is 70.5 Å². The van der Waals surface area contributed by atoms with Crippen LogP contribution in [-0.4, -0.2) is 11.1 Å². The zero-order valence-corrected chi connectivity index (χ0v) is 11.2. The van der Waals surface area contributed by atoms with Crippen LogP contribution < -0.4 is 5.32 Å². The first-order valence-corrected chi connectivity index (χ1v) is 6.34. The van der Waals surface area contributed by atoms with Crippen molar-refractivity contribution in [2.45, 2.75) is 20.0 Å². The van der Waals surface area contributed by atoms with Crippen molar-refractivity contribution in [1.82, 2.24) is 5.32 Å². The number of aromatic carboxylic acids is 1. The smallest absolute Gasteiger partial charge is 0.335 e. The van der Waals surface area contributed by atoms with Crippen molar-refractivity contribution in [3.8, 4) is 0 Å². The highest BCUT2D eigenvalue weighted by atomic mass is 19.1. The van der Waals surface area contributed by atoms with Gasteiger partial charge in [0.05, 0.1) is 5.56 Å². The monoisotopic (exact) mass is 273 g/mol. The minimum Gasteiger partial charge on any atom is -0.478 e. The summed E-state index contributed by atoms with van der Waals surface area (Å²) in [5, 5.41) is 12.0. The normalized spacial score (nSPS) is 10.5. The molecule has 0 atom stereocenters. The van der Waals surface area contributed by atoms with E-state index in [1.54, 1.807) is 0 Å². The summed E-state index contributed by atoms with van der Waals surface area (Å²) in [5.74, 6) is -1.45. The van der Waals surface area contributed by atoms with Crippen LogP contribution in [0.2, 0.25) is 0 Å². The van der Waals surface area contributed by atoms with Crippen molar-refractivity contribution in [1.29, 1.82) is 0 Å². The van der Waals surface area contributed by atoms with Gasteiger partial charge in [0.25, 0.3) is 0 Å². The first kappa shape index (κ1) is 14.2. The van der Waals surface area contributed by atoms with Crippen LogP contribution in [0, 0.1) is 12.7 Å². The van der Waals surface area contributed by atoms with E-state index in [0.29, 0.717) is 18.7 Å². The molecule has 2 rings (SSSR count). The molecule has 0 aliphatic carbocycles. The number of halogens is 1. The Morgan fingerprint density at radius 3 is 2.50 bits per heavy atom. The molecule has 0 heterocycles. The second-order valence-corrected chi connectivity index (χ2v) is 4.70. The number of carbonyl (C=O) groups is 1. The second-order valence-electron chi connectivity index (χ2n) is 4.70. The molecule has 0 aliphatic rings. The Hall–Kier alpha value is -2.20. The van der Waals surface area contributed by atoms with Crippen molar-refractivity contribution >= 4 is 5.97 Å². The molecule has 0 unspecified atom stereocenters. The number of hydrogen-bond acceptors (Lipinski definition) is 2. The van der Waals surface area contributed by atoms with Crippen LogP contribution in [0.15, 0.2) is 42.5 Å². The quantitative estimate of drug-likeness (QED) is 0.880. The third-order valence-electron chi connectivity index (χ3n) is 3.06. The molecule has 0 amide bonds. The zero-order valence-electron chi connectivity index (χ0n) is 11.2. The lowest BCUT2D eigenvalue weighted by atomic mass is 10.1. The van der Waals surface area contributed by atoms with Crippen molar-refractivity contribution < 1.29 is 14.3 Å². The molecule has 2 aromatic rings. The summed E-state index contributed by atoms with van der Waals surface area (Å²) in [5.41, 5.74) is 2.75. The van der Waals surface area contributed by atoms with Crippen LogP contribution in [0.4, 0.5) is 4.39 Å². The zero-order chi connectivity index (χ0) is 14.5. The molecule has 4 heteroatoms. The summed E-state index contributed by atoms with van der Waals surface area (Å²) in [6.07, 6.45) is 0. The van der Waals surface area contributed by atoms with E-state index >= 15 is 0 Å². The molecule has 3 nitrogen and oxygen atoms in total. The first-order chi connectivity index (χ1) is 9.56. The van der Waals surface area contributed by atoms with Gasteiger partial charge in [-0.15, -0.1) is 0 Å². The Kier molecular flexibility index (Phi) is 4.48. The first-order valence-electron chi connectivity index (χ1n) is 6.34. The highest BCUT2D eigenvalue weighted by molar-refractivity contribution is 5.87. The number of nitrogens with one attached hydrogen (secondary N) is 1. The van der Waals surface area contributed by atoms with E-state index < -0.39 is 11.8 Å². The van der Waals surface area contributed by atoms with Crippen molar-refractivity contribution in [2.75, 3.05) is 0 Å². The van der Waals surface area contributed by atoms with Crippen molar-refractivity contribution in [2.24, 2.45) is 0 Å². The Labute approximate surface area is 117 Å². The van der Waals surface area contributed by atoms with Crippen LogP contribution in [0.3, 0.4) is 0 Å². The van der Waals surface area contributed by atoms with Gasteiger partial charge in [0.2, 0.25) is 0 Å². The fraction of sp³-hybridized carbons (Fsp3) is 0.188. The van der Waals surface area contributed by atoms with Crippen molar-refractivity contribution in [3.63, 3.8) is 0 Å². The second kappa shape index (κ2) is 6.30. The largest absolute Gasteiger partial charge is 0.478 e. The molecule has 0 saturated carbocycles. The summed E-state index contributed by atoms with van der Waals surface area (Å²) < 4.78 is 13.6. The Morgan fingerprint density at radius 1 is 1.15 bits per heavy atom. The molecule has 0 aromatic heterocycles. The Bertz CT molecular complexity index is 608. The molecule has 0 radical (unpaired) electrons. The number of benzene rings is 2. The van der Waals surface area contributed by atoms with E-state index in [1.165, 1.54) is 23.8 Å². The summed E-state index contributed by atoms with van der Waals surface area (Å²) >= 11 is 0. The number of hydrogen-bond donors (Lipinski definition) is 2. The van der Waals surface area contributed by atoms with E-state index in [9.17, 15) is 9.18 Å². The van der Waals surface area contributed by atoms with Gasteiger partial charge in [0, 0.05) is 18.7 Å². The maximum Gasteiger partial charge on any atom is 0.335 e. The summed E-state index contributed by atoms with van der Waals surface area (Å²) in [4.78, 5) is 10.8. The average molecular weight is 273 g/mol. The molecule has 20 heavy (non-hydrogen) atoms. The highest BCUT2D eigenvalue weighted by Crippen LogP contribution is 2.11. The standard InChI is InChI=1S/C16H16FNO2/c1-11-2-4-12(5-3-11)9-18-10-14-8-13(16(19)20)6-7-15(14)17/h2-8,18H,9-10H2,1H3,(H,19,20). The van der Waals surface area contributed by atoms with E-state index in [0.717, 1.165) is 5.56 Å². The lowest BCUT2D eigenvalue weighted by Gasteiger charge is -2.07. The van der Waals surface area contributed by atoms with Gasteiger partial charge in [0.1, 0.15) is 5.82 Å². The Balaban J connectivity index is 1.98. The molecular weight excluding hydrogens is 257 g/mol. The van der Waals surface area contributed by atoms with Gasteiger partial charge in [-0.3, -0.25) is 0 Å². The average Bonchev–Trinajstić information content (AvgIpc) is 2.43. The Morgan fingerprint density at radius 2 is 1.85 bits per heavy atom. The van der Waals surface area contributed by atoms with Crippen LogP contribution in [0.1, 0.15) is 27.0 Å². The van der Waals surface area contributed by atoms with Gasteiger partial charge in [-0.25, -0.2) is 9.18 Å². The maximum atomic E-state index is 13.6. The minimum atomic E-state index is -1.05. The highest BCUT2D eigenvalue weighted by Gasteiger charge is 2.08. The van der Waals surface area contributed by atoms with Gasteiger partial charge in [-0.1, -0.05) is 29.8 Å². The minimum absolute atomic E-state index is 0.0959. The summed E-state index contributed by atoms with van der Waals surface area (Å²) in [6, 6.07) is 11.9. The molecule has 104 valence electrons. The van der Waals surface area contributed by atoms with E-state index in [2.05, 4.69) is 5.32 Å². The van der Waals surface area contributed by atoms with Gasteiger partial charge in [-0.2, -0.15) is 0 Å². The molecule has 0 fully saturated rings. The third kappa shape index (κ3) is 3.65. The van der Waals surface area contributed by atoms with Crippen LogP contribution >= 0.6 is 0 Å². The van der Waals surface area contributed by atoms with Crippen LogP contribution in [0.25, 0.3) is 0 Å². The summed E-state index contributed by atoms with van der Waals surface area (Å²) in [6.45, 7) is 2.92. The fourth-order valence-corrected chi connectivity index (χ4v) is 1.89. The molecule has 2 N–H and O–H groups in total. The predicted molar refractivity (Wildman–Crippen MR) is 75.1 cm³/mol. The van der Waals surface area contributed by atoms with Crippen LogP contribution in [0.5, 0.6) is 0 Å². The fourth-order valence-electron chi connectivity index (χ4n) is 1.89. The lowest BCUT2D eigenvalue weighted by molar-refractivity contribution is 0.0696. The lowest BCUT2D eigenvalue weighted by Crippen LogP contribution is -2.14. The van der Waals surface area contributed by atoms with Gasteiger partial charge >= 0.3 is 5.97 Å². The topological polar surface area (TPSA) is 49.3 Å². The number of rotatable bonds is 5. The molecule has 0 bridgehead atoms. The molecule has 0 saturated heterocycles. The number of carboxylic acids is 1. The van der Waals surface area contributed by atoms with Gasteiger partial charge in [0.15, 0.2) is 0 Å². The van der Waals surface area contributed by atoms with E-state index in [4.69, 9.17) is 5.11 Å². The number of aryl methyl sites for hydroxylation is 1. The molecule has 0 aliphatic heterocycles. The maximum absolute atomic E-state index is 13.6. The SMILES string of the molecule is Cc1ccc(CNCc2cc(C(=O)O)ccc2F)cc1. The molecule has 2 aromatic carbocycles. The molecule has 0 spiro atoms. The third-order valence-corrected chi connectivity index (χ3v) is 3.06. The van der Waals surface area contributed by atoms with Gasteiger partial charge in [-0.05, 0) is 30.7 Å². The summed E-state index contributed by atoms with van der Waals surface area (Å²) in [7, 11) is 0. The van der Waals surface area contributed by atoms with E-state index in [-0.39, 0.29) is 5.56 Å². The number of carboxylic acid groups (broad SMARTS) is 1. The predicted octanol–water partition coefficient (Wildman–Crippen LogP) is 3.12. The van der Waals surface area contributed by atoms with Crippen LogP contribution in [-0.2, 0) is 13.1 Å². The van der Waals surface area contributed by atoms with E-state index in [1.807, 2.05) is 31.2 Å². The molecular formula is C16H16FNO2. The van der Waals surface area contributed by atoms with Gasteiger partial charge < -0.3 is 10.4 Å².